The summed E-state index contributed by atoms with van der Waals surface area (Å²) in [7, 11) is 0. The summed E-state index contributed by atoms with van der Waals surface area (Å²) in [5, 5.41) is 16.7. The molecule has 11 aromatic carbocycles. The lowest BCUT2D eigenvalue weighted by molar-refractivity contribution is -0.154. The maximum absolute atomic E-state index is 16.0. The van der Waals surface area contributed by atoms with Gasteiger partial charge in [0.25, 0.3) is 11.8 Å². The summed E-state index contributed by atoms with van der Waals surface area (Å²) in [4.78, 5) is 61.6. The number of anilines is 1. The first-order chi connectivity index (χ1) is 46.8. The second-order valence-corrected chi connectivity index (χ2v) is 28.2. The molecule has 1 aromatic heterocycles. The fourth-order valence-corrected chi connectivity index (χ4v) is 19.1. The Kier molecular flexibility index (Phi) is 18.0. The molecule has 0 spiro atoms. The Labute approximate surface area is 561 Å². The van der Waals surface area contributed by atoms with E-state index in [-0.39, 0.29) is 22.9 Å². The maximum atomic E-state index is 16.0. The van der Waals surface area contributed by atoms with Crippen molar-refractivity contribution < 1.29 is 24.0 Å². The molecule has 95 heavy (non-hydrogen) atoms. The van der Waals surface area contributed by atoms with Crippen molar-refractivity contribution in [1.82, 2.24) is 15.2 Å². The van der Waals surface area contributed by atoms with Crippen molar-refractivity contribution in [3.8, 4) is 0 Å². The number of carbonyl (C=O) groups excluding carboxylic acids is 3. The van der Waals surface area contributed by atoms with Crippen LogP contribution in [0.1, 0.15) is 56.3 Å². The molecule has 12 aromatic rings. The van der Waals surface area contributed by atoms with Gasteiger partial charge in [0.05, 0.1) is 0 Å². The van der Waals surface area contributed by atoms with Crippen LogP contribution >= 0.6 is 30.0 Å². The standard InChI is InChI=1S/C82H64N5O5PS2/c88-76(84-73-77(89)87-74(79(90)91-75(59-34-12-1-13-35-59)60-36-14-2-15-37-60)61(57-94-78(73)87)56-93(68-50-28-9-29-51-68,69-52-30-10-31-53-69)70-54-32-11-33-55-70)72(86-92-82(65-44-22-6-23-45-65,66-46-24-7-25-47-66)67-48-26-8-27-49-67)71-58-95-80(83-71)85-81(62-38-16-3-17-39-62,63-40-18-4-19-41-63)64-42-20-5-21-43-64/h1-56,58,73,75,78H,57H2,(H,83,85)(H,84,88)/b86-72-/t73?,78-/m1/s1. The summed E-state index contributed by atoms with van der Waals surface area (Å²) in [6.07, 6.45) is -0.834. The molecule has 2 amide bonds. The average Bonchev–Trinajstić information content (AvgIpc) is 0.747. The number of β-lactam (4-membered cyclic amide) rings is 1. The molecule has 2 N–H and O–H groups in total. The number of nitrogens with zero attached hydrogens (tertiary/aromatic N) is 3. The molecule has 0 radical (unpaired) electrons. The fraction of sp³-hybridized carbons (Fsp3) is 0.0732. The molecule has 1 fully saturated rings. The van der Waals surface area contributed by atoms with E-state index in [1.165, 1.54) is 28.0 Å². The van der Waals surface area contributed by atoms with E-state index >= 15 is 14.4 Å². The summed E-state index contributed by atoms with van der Waals surface area (Å²) in [5.41, 5.74) is 5.04. The van der Waals surface area contributed by atoms with Gasteiger partial charge >= 0.3 is 5.97 Å². The fourth-order valence-electron chi connectivity index (χ4n) is 13.0. The second kappa shape index (κ2) is 27.8. The van der Waals surface area contributed by atoms with E-state index in [4.69, 9.17) is 19.7 Å². The van der Waals surface area contributed by atoms with E-state index in [1.807, 2.05) is 261 Å². The van der Waals surface area contributed by atoms with Crippen molar-refractivity contribution in [1.29, 1.82) is 0 Å². The van der Waals surface area contributed by atoms with Crippen molar-refractivity contribution in [3.05, 3.63) is 401 Å². The minimum absolute atomic E-state index is 0.109. The Hall–Kier alpha value is -10.9. The van der Waals surface area contributed by atoms with Gasteiger partial charge in [-0.2, -0.15) is 0 Å². The highest BCUT2D eigenvalue weighted by molar-refractivity contribution is 8.00. The van der Waals surface area contributed by atoms with Crippen molar-refractivity contribution in [2.24, 2.45) is 5.16 Å². The lowest BCUT2D eigenvalue weighted by Crippen LogP contribution is -2.71. The largest absolute Gasteiger partial charge is 0.448 e. The normalized spacial score (nSPS) is 14.9. The van der Waals surface area contributed by atoms with Gasteiger partial charge in [-0.25, -0.2) is 9.78 Å². The average molecular weight is 1290 g/mol. The molecule has 0 bridgehead atoms. The lowest BCUT2D eigenvalue weighted by atomic mass is 9.77. The van der Waals surface area contributed by atoms with Crippen molar-refractivity contribution >= 4 is 80.3 Å². The third kappa shape index (κ3) is 12.0. The van der Waals surface area contributed by atoms with Crippen LogP contribution in [0.4, 0.5) is 5.13 Å². The summed E-state index contributed by atoms with van der Waals surface area (Å²) < 4.78 is 6.79. The smallest absolute Gasteiger partial charge is 0.356 e. The highest BCUT2D eigenvalue weighted by Crippen LogP contribution is 2.49. The number of hydrogen-bond donors (Lipinski definition) is 2. The predicted molar refractivity (Wildman–Crippen MR) is 386 cm³/mol. The molecule has 14 rings (SSSR count). The zero-order valence-electron chi connectivity index (χ0n) is 51.5. The molecular weight excluding hydrogens is 1230 g/mol. The zero-order chi connectivity index (χ0) is 64.4. The molecular formula is C82H64N5O5PS2. The molecule has 2 aliphatic rings. The summed E-state index contributed by atoms with van der Waals surface area (Å²) in [6, 6.07) is 109. The highest BCUT2D eigenvalue weighted by Gasteiger charge is 2.55. The minimum Gasteiger partial charge on any atom is -0.448 e. The highest BCUT2D eigenvalue weighted by atomic mass is 32.2. The SMILES string of the molecule is O=C(OC(c1ccccc1)c1ccccc1)C1=C(C=P(c2ccccc2)(c2ccccc2)c2ccccc2)CS[C@@H]2C(NC(=O)/C(=N\OC(c3ccccc3)(c3ccccc3)c3ccccc3)c3csc(NC(c4ccccc4)(c4ccccc4)c4ccccc4)n3)C(=O)N12. The topological polar surface area (TPSA) is 122 Å². The molecule has 10 nitrogen and oxygen atoms in total. The van der Waals surface area contributed by atoms with Crippen molar-refractivity contribution in [2.45, 2.75) is 28.7 Å². The third-order valence-electron chi connectivity index (χ3n) is 17.4. The first kappa shape index (κ1) is 61.6. The van der Waals surface area contributed by atoms with Crippen molar-refractivity contribution in [2.75, 3.05) is 11.1 Å². The Morgan fingerprint density at radius 3 is 1.28 bits per heavy atom. The van der Waals surface area contributed by atoms with E-state index in [0.29, 0.717) is 10.7 Å². The van der Waals surface area contributed by atoms with Crippen LogP contribution in [0.5, 0.6) is 0 Å². The van der Waals surface area contributed by atoms with Crippen molar-refractivity contribution in [3.63, 3.8) is 0 Å². The van der Waals surface area contributed by atoms with Gasteiger partial charge in [0.1, 0.15) is 28.3 Å². The Morgan fingerprint density at radius 1 is 0.516 bits per heavy atom. The number of amides is 2. The maximum Gasteiger partial charge on any atom is 0.356 e. The number of nitrogens with one attached hydrogen (secondary N) is 2. The summed E-state index contributed by atoms with van der Waals surface area (Å²) in [5.74, 6) is 0.622. The van der Waals surface area contributed by atoms with Crippen LogP contribution in [0.3, 0.4) is 0 Å². The van der Waals surface area contributed by atoms with Crippen LogP contribution in [0.25, 0.3) is 0 Å². The Morgan fingerprint density at radius 2 is 0.884 bits per heavy atom. The quantitative estimate of drug-likeness (QED) is 0.0182. The van der Waals surface area contributed by atoms with Crippen LogP contribution in [0, 0.1) is 0 Å². The molecule has 1 unspecified atom stereocenters. The lowest BCUT2D eigenvalue weighted by Gasteiger charge is -2.49. The van der Waals surface area contributed by atoms with Crippen LogP contribution < -0.4 is 26.5 Å². The number of fused-ring (bicyclic) bond motifs is 1. The first-order valence-electron chi connectivity index (χ1n) is 31.4. The van der Waals surface area contributed by atoms with Gasteiger partial charge in [-0.15, -0.1) is 23.1 Å². The molecule has 2 aliphatic heterocycles. The number of hydrogen-bond acceptors (Lipinski definition) is 10. The molecule has 2 atom stereocenters. The molecule has 0 aliphatic carbocycles. The number of aromatic nitrogens is 1. The van der Waals surface area contributed by atoms with E-state index in [9.17, 15) is 0 Å². The third-order valence-corrected chi connectivity index (χ3v) is 23.5. The summed E-state index contributed by atoms with van der Waals surface area (Å²) >= 11 is 2.79. The first-order valence-corrected chi connectivity index (χ1v) is 35.2. The number of rotatable bonds is 21. The number of thiazole rings is 1. The number of oxime groups is 1. The second-order valence-electron chi connectivity index (χ2n) is 23.0. The van der Waals surface area contributed by atoms with Gasteiger partial charge in [-0.05, 0) is 62.0 Å². The van der Waals surface area contributed by atoms with Gasteiger partial charge in [0, 0.05) is 27.8 Å². The zero-order valence-corrected chi connectivity index (χ0v) is 54.0. The van der Waals surface area contributed by atoms with E-state index in [2.05, 4.69) is 89.2 Å². The Balaban J connectivity index is 0.903. The monoisotopic (exact) mass is 1290 g/mol. The van der Waals surface area contributed by atoms with Gasteiger partial charge in [-0.1, -0.05) is 339 Å². The molecule has 13 heteroatoms. The minimum atomic E-state index is -2.78. The van der Waals surface area contributed by atoms with Crippen LogP contribution in [-0.4, -0.2) is 56.3 Å². The van der Waals surface area contributed by atoms with E-state index in [1.54, 1.807) is 5.38 Å². The predicted octanol–water partition coefficient (Wildman–Crippen LogP) is 15.0. The molecule has 0 saturated carbocycles. The van der Waals surface area contributed by atoms with Crippen LogP contribution in [-0.2, 0) is 35.1 Å². The molecule has 3 heterocycles. The van der Waals surface area contributed by atoms with E-state index < -0.39 is 53.3 Å². The van der Waals surface area contributed by atoms with E-state index in [0.717, 1.165) is 60.4 Å². The summed E-state index contributed by atoms with van der Waals surface area (Å²) in [6.45, 7) is -2.78. The van der Waals surface area contributed by atoms with Crippen LogP contribution in [0.2, 0.25) is 0 Å². The number of thioether (sulfide) groups is 1. The number of carbonyl (C=O) groups is 3. The Bertz CT molecular complexity index is 4400. The number of benzene rings is 11. The number of esters is 1. The number of ether oxygens (including phenoxy) is 1. The molecule has 1 saturated heterocycles. The van der Waals surface area contributed by atoms with Gasteiger partial charge < -0.3 is 20.2 Å². The van der Waals surface area contributed by atoms with Gasteiger partial charge in [-0.3, -0.25) is 14.5 Å². The molecule has 464 valence electrons. The van der Waals surface area contributed by atoms with Gasteiger partial charge in [0.2, 0.25) is 5.60 Å². The van der Waals surface area contributed by atoms with Gasteiger partial charge in [0.15, 0.2) is 16.9 Å². The van der Waals surface area contributed by atoms with Crippen LogP contribution in [0.15, 0.2) is 355 Å².